The molecule has 1 unspecified atom stereocenters. The molecule has 1 saturated carbocycles. The van der Waals surface area contributed by atoms with Crippen LogP contribution in [0, 0.1) is 11.3 Å². The van der Waals surface area contributed by atoms with E-state index in [0.29, 0.717) is 18.7 Å². The normalized spacial score (nSPS) is 23.2. The highest BCUT2D eigenvalue weighted by atomic mass is 16.6. The van der Waals surface area contributed by atoms with Gasteiger partial charge in [0.05, 0.1) is 24.5 Å². The summed E-state index contributed by atoms with van der Waals surface area (Å²) in [4.78, 5) is 42.4. The Kier molecular flexibility index (Phi) is 6.29. The number of ether oxygens (including phenoxy) is 1. The zero-order valence-corrected chi connectivity index (χ0v) is 13.9. The van der Waals surface area contributed by atoms with Gasteiger partial charge in [-0.25, -0.2) is 0 Å². The SMILES string of the molecule is CCON/C(CC)=C1/C(=O)CC(C)(C)C(C(=O)OCC)C1=O. The quantitative estimate of drug-likeness (QED) is 0.265. The molecule has 0 bridgehead atoms. The van der Waals surface area contributed by atoms with Crippen molar-refractivity contribution in [3.05, 3.63) is 11.3 Å². The van der Waals surface area contributed by atoms with E-state index in [4.69, 9.17) is 9.57 Å². The molecule has 1 atom stereocenters. The molecule has 0 aromatic heterocycles. The van der Waals surface area contributed by atoms with Crippen molar-refractivity contribution in [2.75, 3.05) is 13.2 Å². The standard InChI is InChI=1S/C16H25NO5/c1-6-10(17-22-8-3)12-11(18)9-16(4,5)13(14(12)19)15(20)21-7-2/h13,17H,6-9H2,1-5H3/b12-10-. The summed E-state index contributed by atoms with van der Waals surface area (Å²) >= 11 is 0. The van der Waals surface area contributed by atoms with Crippen molar-refractivity contribution in [3.8, 4) is 0 Å². The predicted molar refractivity (Wildman–Crippen MR) is 80.6 cm³/mol. The first-order valence-corrected chi connectivity index (χ1v) is 7.65. The number of hydroxylamine groups is 1. The predicted octanol–water partition coefficient (Wildman–Crippen LogP) is 1.94. The second-order valence-electron chi connectivity index (χ2n) is 5.88. The van der Waals surface area contributed by atoms with Gasteiger partial charge in [0, 0.05) is 6.42 Å². The van der Waals surface area contributed by atoms with E-state index in [0.717, 1.165) is 0 Å². The molecule has 1 aliphatic carbocycles. The summed E-state index contributed by atoms with van der Waals surface area (Å²) < 4.78 is 5.02. The topological polar surface area (TPSA) is 81.7 Å². The Morgan fingerprint density at radius 2 is 1.86 bits per heavy atom. The summed E-state index contributed by atoms with van der Waals surface area (Å²) in [5, 5.41) is 0. The van der Waals surface area contributed by atoms with Crippen molar-refractivity contribution in [3.63, 3.8) is 0 Å². The van der Waals surface area contributed by atoms with Gasteiger partial charge in [0.25, 0.3) is 0 Å². The summed E-state index contributed by atoms with van der Waals surface area (Å²) in [5.74, 6) is -2.29. The van der Waals surface area contributed by atoms with Crippen LogP contribution in [-0.2, 0) is 24.0 Å². The molecule has 1 N–H and O–H groups in total. The van der Waals surface area contributed by atoms with Gasteiger partial charge in [-0.1, -0.05) is 20.8 Å². The minimum atomic E-state index is -0.967. The summed E-state index contributed by atoms with van der Waals surface area (Å²) in [5.41, 5.74) is 2.35. The van der Waals surface area contributed by atoms with E-state index in [1.165, 1.54) is 0 Å². The van der Waals surface area contributed by atoms with Crippen LogP contribution in [0.25, 0.3) is 0 Å². The molecule has 0 aliphatic heterocycles. The summed E-state index contributed by atoms with van der Waals surface area (Å²) in [6.07, 6.45) is 0.553. The third kappa shape index (κ3) is 3.74. The highest BCUT2D eigenvalue weighted by Crippen LogP contribution is 2.40. The Morgan fingerprint density at radius 1 is 1.23 bits per heavy atom. The lowest BCUT2D eigenvalue weighted by Crippen LogP contribution is -2.47. The van der Waals surface area contributed by atoms with Gasteiger partial charge in [0.1, 0.15) is 5.92 Å². The first-order valence-electron chi connectivity index (χ1n) is 7.65. The van der Waals surface area contributed by atoms with Gasteiger partial charge < -0.3 is 4.74 Å². The van der Waals surface area contributed by atoms with Gasteiger partial charge in [-0.3, -0.25) is 24.7 Å². The number of carbonyl (C=O) groups excluding carboxylic acids is 3. The Labute approximate surface area is 131 Å². The largest absolute Gasteiger partial charge is 0.465 e. The zero-order valence-electron chi connectivity index (χ0n) is 13.9. The van der Waals surface area contributed by atoms with Gasteiger partial charge in [-0.05, 0) is 25.7 Å². The Balaban J connectivity index is 3.25. The molecule has 22 heavy (non-hydrogen) atoms. The van der Waals surface area contributed by atoms with Crippen molar-refractivity contribution < 1.29 is 24.0 Å². The highest BCUT2D eigenvalue weighted by Gasteiger charge is 2.50. The Hall–Kier alpha value is -1.69. The number of carbonyl (C=O) groups is 3. The summed E-state index contributed by atoms with van der Waals surface area (Å²) in [7, 11) is 0. The van der Waals surface area contributed by atoms with Crippen LogP contribution in [-0.4, -0.2) is 30.7 Å². The van der Waals surface area contributed by atoms with E-state index in [1.54, 1.807) is 27.7 Å². The van der Waals surface area contributed by atoms with Gasteiger partial charge >= 0.3 is 5.97 Å². The van der Waals surface area contributed by atoms with Crippen LogP contribution < -0.4 is 5.48 Å². The second-order valence-corrected chi connectivity index (χ2v) is 5.88. The van der Waals surface area contributed by atoms with Gasteiger partial charge in [0.15, 0.2) is 11.6 Å². The maximum Gasteiger partial charge on any atom is 0.317 e. The van der Waals surface area contributed by atoms with E-state index in [2.05, 4.69) is 5.48 Å². The smallest absolute Gasteiger partial charge is 0.317 e. The molecular formula is C16H25NO5. The molecule has 0 aromatic rings. The van der Waals surface area contributed by atoms with E-state index in [1.807, 2.05) is 6.92 Å². The fourth-order valence-corrected chi connectivity index (χ4v) is 2.67. The fourth-order valence-electron chi connectivity index (χ4n) is 2.67. The van der Waals surface area contributed by atoms with E-state index < -0.39 is 23.1 Å². The minimum Gasteiger partial charge on any atom is -0.465 e. The van der Waals surface area contributed by atoms with Crippen LogP contribution in [0.1, 0.15) is 47.5 Å². The number of Topliss-reactive ketones (excluding diaryl/α,β-unsaturated/α-hetero) is 2. The zero-order chi connectivity index (χ0) is 16.9. The molecule has 6 heteroatoms. The second kappa shape index (κ2) is 7.54. The van der Waals surface area contributed by atoms with Gasteiger partial charge in [-0.15, -0.1) is 0 Å². The molecule has 1 fully saturated rings. The molecule has 0 spiro atoms. The third-order valence-corrected chi connectivity index (χ3v) is 3.70. The van der Waals surface area contributed by atoms with Crippen LogP contribution in [0.4, 0.5) is 0 Å². The van der Waals surface area contributed by atoms with Crippen LogP contribution in [0.15, 0.2) is 11.3 Å². The number of rotatable bonds is 6. The number of allylic oxidation sites excluding steroid dienone is 2. The lowest BCUT2D eigenvalue weighted by molar-refractivity contribution is -0.157. The Bertz CT molecular complexity index is 493. The first kappa shape index (κ1) is 18.4. The van der Waals surface area contributed by atoms with Gasteiger partial charge in [-0.2, -0.15) is 0 Å². The van der Waals surface area contributed by atoms with Gasteiger partial charge in [0.2, 0.25) is 0 Å². The Morgan fingerprint density at radius 3 is 2.36 bits per heavy atom. The summed E-state index contributed by atoms with van der Waals surface area (Å²) in [6.45, 7) is 9.36. The van der Waals surface area contributed by atoms with E-state index in [9.17, 15) is 14.4 Å². The van der Waals surface area contributed by atoms with Crippen molar-refractivity contribution in [1.29, 1.82) is 0 Å². The van der Waals surface area contributed by atoms with Crippen molar-refractivity contribution >= 4 is 17.5 Å². The van der Waals surface area contributed by atoms with Crippen molar-refractivity contribution in [2.45, 2.75) is 47.5 Å². The lowest BCUT2D eigenvalue weighted by Gasteiger charge is -2.36. The summed E-state index contributed by atoms with van der Waals surface area (Å²) in [6, 6.07) is 0. The first-order chi connectivity index (χ1) is 10.3. The third-order valence-electron chi connectivity index (χ3n) is 3.70. The molecule has 1 aliphatic rings. The number of ketones is 2. The molecule has 0 heterocycles. The molecule has 0 saturated heterocycles. The highest BCUT2D eigenvalue weighted by molar-refractivity contribution is 6.27. The monoisotopic (exact) mass is 311 g/mol. The van der Waals surface area contributed by atoms with Crippen LogP contribution >= 0.6 is 0 Å². The van der Waals surface area contributed by atoms with Crippen LogP contribution in [0.2, 0.25) is 0 Å². The molecule has 6 nitrogen and oxygen atoms in total. The number of nitrogens with one attached hydrogen (secondary N) is 1. The molecule has 0 aromatic carbocycles. The molecule has 0 radical (unpaired) electrons. The number of esters is 1. The van der Waals surface area contributed by atoms with E-state index >= 15 is 0 Å². The average Bonchev–Trinajstić information content (AvgIpc) is 2.41. The molecular weight excluding hydrogens is 286 g/mol. The lowest BCUT2D eigenvalue weighted by atomic mass is 9.65. The molecule has 124 valence electrons. The number of hydrogen-bond donors (Lipinski definition) is 1. The van der Waals surface area contributed by atoms with Crippen LogP contribution in [0.5, 0.6) is 0 Å². The molecule has 1 rings (SSSR count). The van der Waals surface area contributed by atoms with Crippen LogP contribution in [0.3, 0.4) is 0 Å². The van der Waals surface area contributed by atoms with Crippen molar-refractivity contribution in [2.24, 2.45) is 11.3 Å². The number of hydrogen-bond acceptors (Lipinski definition) is 6. The molecule has 0 amide bonds. The average molecular weight is 311 g/mol. The van der Waals surface area contributed by atoms with Crippen molar-refractivity contribution in [1.82, 2.24) is 5.48 Å². The minimum absolute atomic E-state index is 0.0355. The maximum atomic E-state index is 12.8. The fraction of sp³-hybridized carbons (Fsp3) is 0.688. The van der Waals surface area contributed by atoms with E-state index in [-0.39, 0.29) is 24.4 Å². The maximum absolute atomic E-state index is 12.8.